The van der Waals surface area contributed by atoms with Crippen molar-refractivity contribution in [2.75, 3.05) is 39.4 Å². The van der Waals surface area contributed by atoms with Gasteiger partial charge in [-0.3, -0.25) is 0 Å². The molecule has 1 saturated heterocycles. The third-order valence-electron chi connectivity index (χ3n) is 3.08. The molecule has 0 radical (unpaired) electrons. The van der Waals surface area contributed by atoms with Gasteiger partial charge in [0.1, 0.15) is 13.1 Å². The second-order valence-corrected chi connectivity index (χ2v) is 7.15. The standard InChI is InChI=1S/C12H17BrN2O3S/c13-11-2-1-3-12(10-11)19(16,17)14-4-5-15-6-8-18-9-7-15/h1-3,10,14H,4-9H2/p+1. The van der Waals surface area contributed by atoms with Gasteiger partial charge >= 0.3 is 0 Å². The largest absolute Gasteiger partial charge is 0.370 e. The summed E-state index contributed by atoms with van der Waals surface area (Å²) in [6.07, 6.45) is 0. The molecular weight excluding hydrogens is 332 g/mol. The van der Waals surface area contributed by atoms with E-state index in [9.17, 15) is 8.42 Å². The molecule has 0 aliphatic carbocycles. The summed E-state index contributed by atoms with van der Waals surface area (Å²) in [5.41, 5.74) is 0. The molecule has 106 valence electrons. The first-order valence-electron chi connectivity index (χ1n) is 6.24. The summed E-state index contributed by atoms with van der Waals surface area (Å²) in [5.74, 6) is 0. The Balaban J connectivity index is 1.87. The predicted molar refractivity (Wildman–Crippen MR) is 75.7 cm³/mol. The maximum absolute atomic E-state index is 12.1. The van der Waals surface area contributed by atoms with Crippen molar-refractivity contribution in [3.05, 3.63) is 28.7 Å². The fourth-order valence-corrected chi connectivity index (χ4v) is 3.62. The van der Waals surface area contributed by atoms with E-state index in [1.807, 2.05) is 0 Å². The van der Waals surface area contributed by atoms with Crippen LogP contribution in [0.25, 0.3) is 0 Å². The molecule has 1 heterocycles. The van der Waals surface area contributed by atoms with Crippen LogP contribution < -0.4 is 9.62 Å². The minimum Gasteiger partial charge on any atom is -0.370 e. The SMILES string of the molecule is O=S(=O)(NCC[NH+]1CCOCC1)c1cccc(Br)c1. The first-order valence-corrected chi connectivity index (χ1v) is 8.52. The second-order valence-electron chi connectivity index (χ2n) is 4.47. The molecule has 0 unspecified atom stereocenters. The molecule has 0 atom stereocenters. The van der Waals surface area contributed by atoms with Crippen LogP contribution in [-0.2, 0) is 14.8 Å². The van der Waals surface area contributed by atoms with Gasteiger partial charge in [-0.2, -0.15) is 0 Å². The number of nitrogens with one attached hydrogen (secondary N) is 2. The molecule has 0 aromatic heterocycles. The van der Waals surface area contributed by atoms with Crippen molar-refractivity contribution in [2.24, 2.45) is 0 Å². The predicted octanol–water partition coefficient (Wildman–Crippen LogP) is -0.357. The number of rotatable bonds is 5. The van der Waals surface area contributed by atoms with E-state index in [1.165, 1.54) is 4.90 Å². The number of halogens is 1. The Labute approximate surface area is 122 Å². The van der Waals surface area contributed by atoms with E-state index in [4.69, 9.17) is 4.74 Å². The van der Waals surface area contributed by atoms with E-state index >= 15 is 0 Å². The highest BCUT2D eigenvalue weighted by Crippen LogP contribution is 2.15. The maximum atomic E-state index is 12.1. The molecule has 5 nitrogen and oxygen atoms in total. The lowest BCUT2D eigenvalue weighted by Crippen LogP contribution is -3.14. The van der Waals surface area contributed by atoms with Crippen LogP contribution in [0.3, 0.4) is 0 Å². The van der Waals surface area contributed by atoms with Crippen molar-refractivity contribution >= 4 is 26.0 Å². The Morgan fingerprint density at radius 3 is 2.74 bits per heavy atom. The zero-order chi connectivity index (χ0) is 13.7. The van der Waals surface area contributed by atoms with Crippen LogP contribution in [0.5, 0.6) is 0 Å². The fraction of sp³-hybridized carbons (Fsp3) is 0.500. The van der Waals surface area contributed by atoms with E-state index in [2.05, 4.69) is 20.7 Å². The summed E-state index contributed by atoms with van der Waals surface area (Å²) in [4.78, 5) is 1.67. The molecule has 0 spiro atoms. The van der Waals surface area contributed by atoms with Crippen molar-refractivity contribution < 1.29 is 18.1 Å². The number of benzene rings is 1. The Morgan fingerprint density at radius 1 is 1.32 bits per heavy atom. The van der Waals surface area contributed by atoms with E-state index in [0.29, 0.717) is 11.4 Å². The van der Waals surface area contributed by atoms with Crippen LogP contribution in [0.15, 0.2) is 33.6 Å². The molecule has 0 amide bonds. The van der Waals surface area contributed by atoms with E-state index in [-0.39, 0.29) is 0 Å². The van der Waals surface area contributed by atoms with Crippen LogP contribution in [0.2, 0.25) is 0 Å². The Morgan fingerprint density at radius 2 is 2.05 bits per heavy atom. The minimum absolute atomic E-state index is 0.291. The van der Waals surface area contributed by atoms with Gasteiger partial charge in [0.15, 0.2) is 0 Å². The lowest BCUT2D eigenvalue weighted by molar-refractivity contribution is -0.906. The average molecular weight is 350 g/mol. The van der Waals surface area contributed by atoms with Crippen molar-refractivity contribution in [2.45, 2.75) is 4.90 Å². The van der Waals surface area contributed by atoms with Crippen LogP contribution >= 0.6 is 15.9 Å². The highest BCUT2D eigenvalue weighted by molar-refractivity contribution is 9.10. The Kier molecular flexibility index (Phi) is 5.35. The lowest BCUT2D eigenvalue weighted by Gasteiger charge is -2.23. The van der Waals surface area contributed by atoms with Gasteiger partial charge in [0, 0.05) is 4.47 Å². The van der Waals surface area contributed by atoms with Crippen LogP contribution in [0, 0.1) is 0 Å². The van der Waals surface area contributed by atoms with Crippen LogP contribution in [-0.4, -0.2) is 47.8 Å². The molecule has 7 heteroatoms. The molecule has 0 bridgehead atoms. The van der Waals surface area contributed by atoms with Gasteiger partial charge in [0.25, 0.3) is 0 Å². The summed E-state index contributed by atoms with van der Waals surface area (Å²) < 4.78 is 32.8. The third-order valence-corrected chi connectivity index (χ3v) is 5.03. The van der Waals surface area contributed by atoms with Gasteiger partial charge in [-0.15, -0.1) is 0 Å². The molecular formula is C12H18BrN2O3S+. The highest BCUT2D eigenvalue weighted by atomic mass is 79.9. The number of hydrogen-bond acceptors (Lipinski definition) is 3. The number of ether oxygens (including phenoxy) is 1. The van der Waals surface area contributed by atoms with Crippen molar-refractivity contribution in [1.82, 2.24) is 4.72 Å². The number of sulfonamides is 1. The number of morpholine rings is 1. The Hall–Kier alpha value is -0.470. The second kappa shape index (κ2) is 6.81. The minimum atomic E-state index is -3.41. The summed E-state index contributed by atoms with van der Waals surface area (Å²) in [6, 6.07) is 6.71. The van der Waals surface area contributed by atoms with E-state index in [0.717, 1.165) is 37.3 Å². The summed E-state index contributed by atoms with van der Waals surface area (Å²) >= 11 is 3.28. The van der Waals surface area contributed by atoms with Gasteiger partial charge in [-0.05, 0) is 18.2 Å². The van der Waals surface area contributed by atoms with E-state index < -0.39 is 10.0 Å². The molecule has 1 aliphatic rings. The van der Waals surface area contributed by atoms with Crippen LogP contribution in [0.1, 0.15) is 0 Å². The van der Waals surface area contributed by atoms with Gasteiger partial charge < -0.3 is 9.64 Å². The van der Waals surface area contributed by atoms with Crippen molar-refractivity contribution in [3.63, 3.8) is 0 Å². The topological polar surface area (TPSA) is 59.8 Å². The molecule has 19 heavy (non-hydrogen) atoms. The molecule has 1 aromatic carbocycles. The summed E-state index contributed by atoms with van der Waals surface area (Å²) in [6.45, 7) is 4.64. The third kappa shape index (κ3) is 4.54. The smallest absolute Gasteiger partial charge is 0.240 e. The first kappa shape index (κ1) is 14.9. The lowest BCUT2D eigenvalue weighted by atomic mass is 10.4. The van der Waals surface area contributed by atoms with Crippen LogP contribution in [0.4, 0.5) is 0 Å². The summed E-state index contributed by atoms with van der Waals surface area (Å²) in [7, 11) is -3.41. The zero-order valence-electron chi connectivity index (χ0n) is 10.6. The van der Waals surface area contributed by atoms with Gasteiger partial charge in [-0.25, -0.2) is 13.1 Å². The molecule has 1 aliphatic heterocycles. The zero-order valence-corrected chi connectivity index (χ0v) is 13.0. The average Bonchev–Trinajstić information content (AvgIpc) is 2.40. The fourth-order valence-electron chi connectivity index (χ4n) is 1.99. The monoisotopic (exact) mass is 349 g/mol. The van der Waals surface area contributed by atoms with Gasteiger partial charge in [0.05, 0.1) is 31.2 Å². The maximum Gasteiger partial charge on any atom is 0.240 e. The Bertz CT molecular complexity index is 515. The highest BCUT2D eigenvalue weighted by Gasteiger charge is 2.17. The van der Waals surface area contributed by atoms with Gasteiger partial charge in [-0.1, -0.05) is 22.0 Å². The normalized spacial score (nSPS) is 17.5. The molecule has 2 N–H and O–H groups in total. The molecule has 1 aromatic rings. The van der Waals surface area contributed by atoms with Gasteiger partial charge in [0.2, 0.25) is 10.0 Å². The quantitative estimate of drug-likeness (QED) is 0.763. The number of quaternary nitrogens is 1. The van der Waals surface area contributed by atoms with E-state index in [1.54, 1.807) is 24.3 Å². The molecule has 0 saturated carbocycles. The first-order chi connectivity index (χ1) is 9.08. The van der Waals surface area contributed by atoms with Crippen molar-refractivity contribution in [3.8, 4) is 0 Å². The number of hydrogen-bond donors (Lipinski definition) is 2. The van der Waals surface area contributed by atoms with Crippen molar-refractivity contribution in [1.29, 1.82) is 0 Å². The molecule has 1 fully saturated rings. The summed E-state index contributed by atoms with van der Waals surface area (Å²) in [5, 5.41) is 0. The molecule has 2 rings (SSSR count).